The maximum absolute atomic E-state index is 3.53. The molecule has 0 aromatic carbocycles. The molecule has 2 atom stereocenters. The number of thiophene rings is 1. The molecule has 0 amide bonds. The zero-order valence-electron chi connectivity index (χ0n) is 11.3. The minimum absolute atomic E-state index is 0.718. The van der Waals surface area contributed by atoms with Gasteiger partial charge in [-0.2, -0.15) is 0 Å². The molecule has 0 bridgehead atoms. The molecule has 18 heavy (non-hydrogen) atoms. The molecule has 1 aliphatic carbocycles. The van der Waals surface area contributed by atoms with Crippen LogP contribution in [-0.2, 0) is 6.54 Å². The molecule has 2 nitrogen and oxygen atoms in total. The summed E-state index contributed by atoms with van der Waals surface area (Å²) in [6.07, 6.45) is 5.52. The van der Waals surface area contributed by atoms with Crippen molar-refractivity contribution in [1.82, 2.24) is 10.2 Å². The van der Waals surface area contributed by atoms with Gasteiger partial charge in [0.25, 0.3) is 0 Å². The quantitative estimate of drug-likeness (QED) is 0.885. The summed E-state index contributed by atoms with van der Waals surface area (Å²) < 4.78 is 1.23. The average molecular weight is 331 g/mol. The van der Waals surface area contributed by atoms with Crippen molar-refractivity contribution in [2.45, 2.75) is 38.3 Å². The maximum Gasteiger partial charge on any atom is 0.0701 e. The summed E-state index contributed by atoms with van der Waals surface area (Å²) in [7, 11) is 4.35. The highest BCUT2D eigenvalue weighted by atomic mass is 79.9. The van der Waals surface area contributed by atoms with Crippen LogP contribution in [0, 0.1) is 5.92 Å². The van der Waals surface area contributed by atoms with E-state index in [1.807, 2.05) is 0 Å². The van der Waals surface area contributed by atoms with Gasteiger partial charge in [-0.15, -0.1) is 11.3 Å². The summed E-state index contributed by atoms with van der Waals surface area (Å²) in [5.74, 6) is 0.816. The van der Waals surface area contributed by atoms with Crippen molar-refractivity contribution < 1.29 is 0 Å². The minimum atomic E-state index is 0.718. The van der Waals surface area contributed by atoms with Crippen LogP contribution in [0.25, 0.3) is 0 Å². The Labute approximate surface area is 123 Å². The van der Waals surface area contributed by atoms with Gasteiger partial charge in [0.15, 0.2) is 0 Å². The van der Waals surface area contributed by atoms with E-state index in [4.69, 9.17) is 0 Å². The zero-order valence-corrected chi connectivity index (χ0v) is 13.7. The fourth-order valence-electron chi connectivity index (χ4n) is 3.01. The molecular weight excluding hydrogens is 308 g/mol. The van der Waals surface area contributed by atoms with Crippen LogP contribution in [0.2, 0.25) is 0 Å². The number of hydrogen-bond donors (Lipinski definition) is 1. The first-order valence-electron chi connectivity index (χ1n) is 6.77. The van der Waals surface area contributed by atoms with Gasteiger partial charge in [-0.25, -0.2) is 0 Å². The smallest absolute Gasteiger partial charge is 0.0701 e. The van der Waals surface area contributed by atoms with Gasteiger partial charge in [-0.1, -0.05) is 12.8 Å². The molecule has 102 valence electrons. The Morgan fingerprint density at radius 3 is 2.89 bits per heavy atom. The van der Waals surface area contributed by atoms with Gasteiger partial charge in [0.2, 0.25) is 0 Å². The van der Waals surface area contributed by atoms with Gasteiger partial charge >= 0.3 is 0 Å². The highest BCUT2D eigenvalue weighted by molar-refractivity contribution is 9.11. The molecule has 0 aliphatic heterocycles. The second kappa shape index (κ2) is 7.04. The normalized spacial score (nSPS) is 24.7. The molecule has 2 rings (SSSR count). The third kappa shape index (κ3) is 4.05. The molecule has 1 aromatic heterocycles. The van der Waals surface area contributed by atoms with Gasteiger partial charge in [-0.05, 0) is 65.8 Å². The molecule has 4 heteroatoms. The summed E-state index contributed by atoms with van der Waals surface area (Å²) in [6.45, 7) is 2.27. The lowest BCUT2D eigenvalue weighted by Crippen LogP contribution is -2.41. The molecule has 1 fully saturated rings. The SMILES string of the molecule is CNC1CCCCC1CN(C)Cc1csc(Br)c1. The van der Waals surface area contributed by atoms with Gasteiger partial charge in [0.1, 0.15) is 0 Å². The van der Waals surface area contributed by atoms with E-state index in [1.165, 1.54) is 41.6 Å². The third-order valence-corrected chi connectivity index (χ3v) is 5.45. The fourth-order valence-corrected chi connectivity index (χ4v) is 4.21. The van der Waals surface area contributed by atoms with Crippen molar-refractivity contribution in [2.24, 2.45) is 5.92 Å². The highest BCUT2D eigenvalue weighted by Gasteiger charge is 2.24. The molecule has 2 unspecified atom stereocenters. The van der Waals surface area contributed by atoms with Gasteiger partial charge in [0, 0.05) is 19.1 Å². The van der Waals surface area contributed by atoms with Crippen LogP contribution in [0.15, 0.2) is 15.2 Å². The number of nitrogens with zero attached hydrogens (tertiary/aromatic N) is 1. The molecule has 0 spiro atoms. The molecular formula is C14H23BrN2S. The van der Waals surface area contributed by atoms with Crippen molar-refractivity contribution >= 4 is 27.3 Å². The van der Waals surface area contributed by atoms with E-state index in [2.05, 4.69) is 51.7 Å². The van der Waals surface area contributed by atoms with E-state index in [9.17, 15) is 0 Å². The number of nitrogens with one attached hydrogen (secondary N) is 1. The standard InChI is InChI=1S/C14H23BrN2S/c1-16-13-6-4-3-5-12(13)9-17(2)8-11-7-14(15)18-10-11/h7,10,12-13,16H,3-6,8-9H2,1-2H3. The number of halogens is 1. The van der Waals surface area contributed by atoms with Crippen molar-refractivity contribution in [2.75, 3.05) is 20.6 Å². The van der Waals surface area contributed by atoms with Crippen LogP contribution in [0.1, 0.15) is 31.2 Å². The first-order chi connectivity index (χ1) is 8.69. The third-order valence-electron chi connectivity index (χ3n) is 3.90. The first-order valence-corrected chi connectivity index (χ1v) is 8.45. The van der Waals surface area contributed by atoms with Gasteiger partial charge < -0.3 is 10.2 Å². The topological polar surface area (TPSA) is 15.3 Å². The molecule has 1 aliphatic rings. The average Bonchev–Trinajstić information content (AvgIpc) is 2.75. The lowest BCUT2D eigenvalue weighted by Gasteiger charge is -2.34. The van der Waals surface area contributed by atoms with Crippen molar-refractivity contribution in [3.05, 3.63) is 20.8 Å². The largest absolute Gasteiger partial charge is 0.317 e. The predicted octanol–water partition coefficient (Wildman–Crippen LogP) is 3.72. The molecule has 1 heterocycles. The Morgan fingerprint density at radius 1 is 1.44 bits per heavy atom. The molecule has 0 saturated heterocycles. The molecule has 1 N–H and O–H groups in total. The van der Waals surface area contributed by atoms with Crippen molar-refractivity contribution in [3.8, 4) is 0 Å². The van der Waals surface area contributed by atoms with E-state index < -0.39 is 0 Å². The van der Waals surface area contributed by atoms with Crippen molar-refractivity contribution in [3.63, 3.8) is 0 Å². The van der Waals surface area contributed by atoms with Gasteiger partial charge in [-0.3, -0.25) is 0 Å². The van der Waals surface area contributed by atoms with E-state index in [-0.39, 0.29) is 0 Å². The molecule has 1 aromatic rings. The van der Waals surface area contributed by atoms with Crippen LogP contribution in [-0.4, -0.2) is 31.6 Å². The second-order valence-corrected chi connectivity index (χ2v) is 7.69. The number of rotatable bonds is 5. The Balaban J connectivity index is 1.84. The second-order valence-electron chi connectivity index (χ2n) is 5.40. The summed E-state index contributed by atoms with van der Waals surface area (Å²) in [5.41, 5.74) is 1.42. The summed E-state index contributed by atoms with van der Waals surface area (Å²) in [4.78, 5) is 2.47. The minimum Gasteiger partial charge on any atom is -0.317 e. The molecule has 1 saturated carbocycles. The Morgan fingerprint density at radius 2 is 2.22 bits per heavy atom. The summed E-state index contributed by atoms with van der Waals surface area (Å²) >= 11 is 5.31. The predicted molar refractivity (Wildman–Crippen MR) is 83.2 cm³/mol. The number of hydrogen-bond acceptors (Lipinski definition) is 3. The van der Waals surface area contributed by atoms with Gasteiger partial charge in [0.05, 0.1) is 3.79 Å². The lowest BCUT2D eigenvalue weighted by atomic mass is 9.84. The van der Waals surface area contributed by atoms with Crippen molar-refractivity contribution in [1.29, 1.82) is 0 Å². The first kappa shape index (κ1) is 14.5. The van der Waals surface area contributed by atoms with Crippen LogP contribution in [0.5, 0.6) is 0 Å². The van der Waals surface area contributed by atoms with Crippen LogP contribution < -0.4 is 5.32 Å². The van der Waals surface area contributed by atoms with Crippen LogP contribution in [0.3, 0.4) is 0 Å². The van der Waals surface area contributed by atoms with E-state index in [0.717, 1.165) is 18.5 Å². The molecule has 0 radical (unpaired) electrons. The van der Waals surface area contributed by atoms with E-state index in [0.29, 0.717) is 0 Å². The monoisotopic (exact) mass is 330 g/mol. The Hall–Kier alpha value is 0.100. The highest BCUT2D eigenvalue weighted by Crippen LogP contribution is 2.26. The van der Waals surface area contributed by atoms with E-state index in [1.54, 1.807) is 11.3 Å². The lowest BCUT2D eigenvalue weighted by molar-refractivity contribution is 0.190. The Kier molecular flexibility index (Phi) is 5.67. The Bertz CT molecular complexity index is 366. The fraction of sp³-hybridized carbons (Fsp3) is 0.714. The maximum atomic E-state index is 3.53. The van der Waals surface area contributed by atoms with Crippen LogP contribution >= 0.6 is 27.3 Å². The summed E-state index contributed by atoms with van der Waals surface area (Å²) in [6, 6.07) is 2.95. The zero-order chi connectivity index (χ0) is 13.0. The van der Waals surface area contributed by atoms with Crippen LogP contribution in [0.4, 0.5) is 0 Å². The summed E-state index contributed by atoms with van der Waals surface area (Å²) in [5, 5.41) is 5.74. The van der Waals surface area contributed by atoms with E-state index >= 15 is 0 Å².